The van der Waals surface area contributed by atoms with E-state index >= 15 is 0 Å². The van der Waals surface area contributed by atoms with Crippen LogP contribution in [0.4, 0.5) is 0 Å². The summed E-state index contributed by atoms with van der Waals surface area (Å²) in [5.74, 6) is 1.54. The molecule has 3 nitrogen and oxygen atoms in total. The Kier molecular flexibility index (Phi) is 12.4. The second-order valence-electron chi connectivity index (χ2n) is 10.6. The minimum atomic E-state index is -0.421. The second kappa shape index (κ2) is 15.0. The van der Waals surface area contributed by atoms with E-state index in [2.05, 4.69) is 6.92 Å². The third-order valence-electron chi connectivity index (χ3n) is 6.38. The average Bonchev–Trinajstić information content (AvgIpc) is 2.82. The van der Waals surface area contributed by atoms with Gasteiger partial charge < -0.3 is 9.84 Å². The molecule has 0 spiro atoms. The second-order valence-corrected chi connectivity index (χ2v) is 10.6. The van der Waals surface area contributed by atoms with Crippen molar-refractivity contribution in [3.63, 3.8) is 0 Å². The van der Waals surface area contributed by atoms with Gasteiger partial charge in [0.05, 0.1) is 6.10 Å². The van der Waals surface area contributed by atoms with Crippen molar-refractivity contribution < 1.29 is 14.6 Å². The number of unbranched alkanes of at least 4 members (excludes halogenated alkanes) is 10. The Hall–Kier alpha value is -2.13. The first-order valence-corrected chi connectivity index (χ1v) is 13.4. The molecular weight excluding hydrogens is 420 g/mol. The fourth-order valence-electron chi connectivity index (χ4n) is 4.17. The molecule has 1 N–H and O–H groups in total. The van der Waals surface area contributed by atoms with Gasteiger partial charge in [-0.1, -0.05) is 110 Å². The highest BCUT2D eigenvalue weighted by atomic mass is 16.5. The van der Waals surface area contributed by atoms with E-state index < -0.39 is 11.5 Å². The van der Waals surface area contributed by atoms with Gasteiger partial charge in [-0.3, -0.25) is 4.79 Å². The lowest BCUT2D eigenvalue weighted by Gasteiger charge is -2.16. The van der Waals surface area contributed by atoms with Crippen LogP contribution in [-0.4, -0.2) is 10.9 Å². The lowest BCUT2D eigenvalue weighted by atomic mass is 9.86. The van der Waals surface area contributed by atoms with Crippen LogP contribution in [0.25, 0.3) is 0 Å². The van der Waals surface area contributed by atoms with Crippen LogP contribution in [0.5, 0.6) is 11.5 Å². The first-order valence-electron chi connectivity index (χ1n) is 13.4. The number of hydrogen-bond acceptors (Lipinski definition) is 3. The van der Waals surface area contributed by atoms with Crippen LogP contribution in [0.3, 0.4) is 0 Å². The van der Waals surface area contributed by atoms with Gasteiger partial charge in [0, 0.05) is 11.0 Å². The van der Waals surface area contributed by atoms with Crippen LogP contribution in [0, 0.1) is 5.41 Å². The van der Waals surface area contributed by atoms with E-state index in [1.807, 2.05) is 69.3 Å². The molecule has 0 amide bonds. The molecule has 0 aliphatic heterocycles. The number of hydrogen-bond donors (Lipinski definition) is 1. The van der Waals surface area contributed by atoms with E-state index in [9.17, 15) is 9.90 Å². The number of aliphatic hydroxyl groups excluding tert-OH is 1. The van der Waals surface area contributed by atoms with Crippen molar-refractivity contribution in [1.82, 2.24) is 0 Å². The Labute approximate surface area is 207 Å². The highest BCUT2D eigenvalue weighted by Crippen LogP contribution is 2.27. The number of ether oxygens (including phenoxy) is 1. The highest BCUT2D eigenvalue weighted by molar-refractivity contribution is 5.99. The van der Waals surface area contributed by atoms with Gasteiger partial charge in [0.2, 0.25) is 0 Å². The van der Waals surface area contributed by atoms with Gasteiger partial charge >= 0.3 is 0 Å². The van der Waals surface area contributed by atoms with Crippen molar-refractivity contribution in [2.75, 3.05) is 0 Å². The minimum absolute atomic E-state index is 0.121. The van der Waals surface area contributed by atoms with E-state index in [0.29, 0.717) is 11.3 Å². The van der Waals surface area contributed by atoms with Crippen molar-refractivity contribution in [1.29, 1.82) is 0 Å². The molecule has 2 aromatic rings. The van der Waals surface area contributed by atoms with Crippen molar-refractivity contribution >= 4 is 5.78 Å². The quantitative estimate of drug-likeness (QED) is 0.198. The number of Topliss-reactive ketones (excluding diaryl/α,β-unsaturated/α-hetero) is 1. The summed E-state index contributed by atoms with van der Waals surface area (Å²) in [5, 5.41) is 10.5. The van der Waals surface area contributed by atoms with Crippen LogP contribution in [-0.2, 0) is 0 Å². The summed E-state index contributed by atoms with van der Waals surface area (Å²) >= 11 is 0. The monoisotopic (exact) mass is 466 g/mol. The fourth-order valence-corrected chi connectivity index (χ4v) is 4.17. The molecule has 1 unspecified atom stereocenters. The summed E-state index contributed by atoms with van der Waals surface area (Å²) in [5.41, 5.74) is 1.23. The molecule has 34 heavy (non-hydrogen) atoms. The molecule has 0 fully saturated rings. The molecule has 0 aromatic heterocycles. The smallest absolute Gasteiger partial charge is 0.168 e. The number of carbonyl (C=O) groups excluding carboxylic acids is 1. The Balaban J connectivity index is 1.65. The maximum atomic E-state index is 12.4. The number of carbonyl (C=O) groups is 1. The number of rotatable bonds is 16. The van der Waals surface area contributed by atoms with E-state index in [-0.39, 0.29) is 5.78 Å². The van der Waals surface area contributed by atoms with Gasteiger partial charge in [-0.25, -0.2) is 0 Å². The first-order chi connectivity index (χ1) is 16.3. The summed E-state index contributed by atoms with van der Waals surface area (Å²) < 4.78 is 5.91. The van der Waals surface area contributed by atoms with Crippen LogP contribution >= 0.6 is 0 Å². The zero-order valence-corrected chi connectivity index (χ0v) is 21.9. The molecule has 3 heteroatoms. The fraction of sp³-hybridized carbons (Fsp3) is 0.581. The molecule has 0 saturated heterocycles. The molecule has 0 aliphatic rings. The van der Waals surface area contributed by atoms with Gasteiger partial charge in [-0.05, 0) is 48.4 Å². The first kappa shape index (κ1) is 28.1. The van der Waals surface area contributed by atoms with Crippen LogP contribution in [0.15, 0.2) is 48.5 Å². The lowest BCUT2D eigenvalue weighted by Crippen LogP contribution is -2.19. The molecule has 188 valence electrons. The molecule has 2 rings (SSSR count). The zero-order valence-electron chi connectivity index (χ0n) is 21.9. The summed E-state index contributed by atoms with van der Waals surface area (Å²) in [6.07, 6.45) is 14.9. The van der Waals surface area contributed by atoms with E-state index in [0.717, 1.165) is 24.2 Å². The molecular formula is C31H46O3. The third kappa shape index (κ3) is 10.4. The molecule has 0 aliphatic carbocycles. The van der Waals surface area contributed by atoms with Crippen LogP contribution in [0.2, 0.25) is 0 Å². The van der Waals surface area contributed by atoms with Crippen molar-refractivity contribution in [3.05, 3.63) is 59.7 Å². The summed E-state index contributed by atoms with van der Waals surface area (Å²) in [7, 11) is 0. The number of benzene rings is 2. The highest BCUT2D eigenvalue weighted by Gasteiger charge is 2.22. The van der Waals surface area contributed by atoms with Gasteiger partial charge in [-0.15, -0.1) is 0 Å². The molecule has 0 saturated carbocycles. The maximum absolute atomic E-state index is 12.4. The van der Waals surface area contributed by atoms with Gasteiger partial charge in [-0.2, -0.15) is 0 Å². The summed E-state index contributed by atoms with van der Waals surface area (Å²) in [6.45, 7) is 8.04. The molecule has 0 heterocycles. The largest absolute Gasteiger partial charge is 0.457 e. The van der Waals surface area contributed by atoms with Crippen LogP contribution in [0.1, 0.15) is 127 Å². The average molecular weight is 467 g/mol. The van der Waals surface area contributed by atoms with E-state index in [1.54, 1.807) is 0 Å². The Bertz CT molecular complexity index is 815. The molecule has 0 radical (unpaired) electrons. The predicted molar refractivity (Wildman–Crippen MR) is 143 cm³/mol. The van der Waals surface area contributed by atoms with Gasteiger partial charge in [0.25, 0.3) is 0 Å². The zero-order chi connectivity index (χ0) is 24.8. The maximum Gasteiger partial charge on any atom is 0.168 e. The molecule has 0 bridgehead atoms. The lowest BCUT2D eigenvalue weighted by molar-refractivity contribution is 0.0858. The summed E-state index contributed by atoms with van der Waals surface area (Å²) in [4.78, 5) is 12.4. The normalized spacial score (nSPS) is 12.5. The Morgan fingerprint density at radius 1 is 0.735 bits per heavy atom. The van der Waals surface area contributed by atoms with Crippen molar-refractivity contribution in [2.24, 2.45) is 5.41 Å². The third-order valence-corrected chi connectivity index (χ3v) is 6.38. The van der Waals surface area contributed by atoms with Crippen molar-refractivity contribution in [2.45, 2.75) is 111 Å². The van der Waals surface area contributed by atoms with Crippen LogP contribution < -0.4 is 4.74 Å². The molecule has 1 atom stereocenters. The van der Waals surface area contributed by atoms with Gasteiger partial charge in [0.1, 0.15) is 11.5 Å². The standard InChI is InChI=1S/C31H46O3/c1-5-6-7-8-9-10-11-12-13-14-15-16-29(32)25-17-21-27(22-18-25)34-28-23-19-26(20-24-28)30(33)31(2,3)4/h17-24,29,32H,5-16H2,1-4H3. The SMILES string of the molecule is CCCCCCCCCCCCCC(O)c1ccc(Oc2ccc(C(=O)C(C)(C)C)cc2)cc1. The Morgan fingerprint density at radius 3 is 1.65 bits per heavy atom. The van der Waals surface area contributed by atoms with E-state index in [1.165, 1.54) is 64.2 Å². The van der Waals surface area contributed by atoms with E-state index in [4.69, 9.17) is 4.74 Å². The minimum Gasteiger partial charge on any atom is -0.457 e. The number of ketones is 1. The predicted octanol–water partition coefficient (Wildman–Crippen LogP) is 9.44. The Morgan fingerprint density at radius 2 is 1.18 bits per heavy atom. The molecule has 2 aromatic carbocycles. The number of aliphatic hydroxyl groups is 1. The topological polar surface area (TPSA) is 46.5 Å². The van der Waals surface area contributed by atoms with Gasteiger partial charge in [0.15, 0.2) is 5.78 Å². The summed E-state index contributed by atoms with van der Waals surface area (Å²) in [6, 6.07) is 15.0. The van der Waals surface area contributed by atoms with Crippen molar-refractivity contribution in [3.8, 4) is 11.5 Å².